The summed E-state index contributed by atoms with van der Waals surface area (Å²) in [4.78, 5) is 14.0. The van der Waals surface area contributed by atoms with Crippen LogP contribution in [-0.2, 0) is 5.41 Å². The highest BCUT2D eigenvalue weighted by Crippen LogP contribution is 2.57. The normalized spacial score (nSPS) is 13.1. The second kappa shape index (κ2) is 9.05. The van der Waals surface area contributed by atoms with Crippen LogP contribution in [0.2, 0.25) is 5.28 Å². The van der Waals surface area contributed by atoms with Crippen molar-refractivity contribution in [3.8, 4) is 33.9 Å². The molecule has 0 fully saturated rings. The van der Waals surface area contributed by atoms with E-state index < -0.39 is 5.41 Å². The first-order chi connectivity index (χ1) is 18.8. The Bertz CT molecular complexity index is 1730. The molecule has 0 saturated heterocycles. The Hall–Kier alpha value is -4.60. The number of hydrogen-bond acceptors (Lipinski definition) is 3. The molecule has 5 aromatic carbocycles. The van der Waals surface area contributed by atoms with Crippen molar-refractivity contribution in [1.29, 1.82) is 0 Å². The Morgan fingerprint density at radius 3 is 1.66 bits per heavy atom. The number of hydrogen-bond donors (Lipinski definition) is 0. The molecule has 0 spiro atoms. The van der Waals surface area contributed by atoms with Gasteiger partial charge in [-0.2, -0.15) is 9.97 Å². The van der Waals surface area contributed by atoms with Crippen LogP contribution in [0.25, 0.3) is 33.9 Å². The van der Waals surface area contributed by atoms with Gasteiger partial charge in [-0.3, -0.25) is 0 Å². The third-order valence-corrected chi connectivity index (χ3v) is 7.53. The SMILES string of the molecule is Clc1nc(-c2ccccc2)nc(-c2cccc3c2-c2ccccc2C3(c2ccccc2)c2ccccc2)n1. The van der Waals surface area contributed by atoms with E-state index in [-0.39, 0.29) is 5.28 Å². The maximum absolute atomic E-state index is 6.49. The summed E-state index contributed by atoms with van der Waals surface area (Å²) >= 11 is 6.49. The van der Waals surface area contributed by atoms with Gasteiger partial charge in [-0.1, -0.05) is 133 Å². The number of nitrogens with zero attached hydrogens (tertiary/aromatic N) is 3. The average molecular weight is 508 g/mol. The number of benzene rings is 5. The molecule has 0 aliphatic heterocycles. The lowest BCUT2D eigenvalue weighted by molar-refractivity contribution is 0.768. The monoisotopic (exact) mass is 507 g/mol. The number of fused-ring (bicyclic) bond motifs is 3. The fourth-order valence-corrected chi connectivity index (χ4v) is 6.03. The largest absolute Gasteiger partial charge is 0.226 e. The molecule has 1 heterocycles. The van der Waals surface area contributed by atoms with Gasteiger partial charge in [0.15, 0.2) is 11.6 Å². The second-order valence-corrected chi connectivity index (χ2v) is 9.71. The summed E-state index contributed by atoms with van der Waals surface area (Å²) in [6, 6.07) is 46.4. The summed E-state index contributed by atoms with van der Waals surface area (Å²) in [5, 5.41) is 0.176. The summed E-state index contributed by atoms with van der Waals surface area (Å²) < 4.78 is 0. The molecule has 1 aliphatic rings. The van der Waals surface area contributed by atoms with E-state index in [0.29, 0.717) is 11.6 Å². The van der Waals surface area contributed by atoms with Gasteiger partial charge in [0, 0.05) is 11.1 Å². The minimum atomic E-state index is -0.483. The fourth-order valence-electron chi connectivity index (χ4n) is 5.87. The zero-order valence-corrected chi connectivity index (χ0v) is 21.2. The molecule has 180 valence electrons. The Balaban J connectivity index is 1.56. The Morgan fingerprint density at radius 2 is 0.974 bits per heavy atom. The lowest BCUT2D eigenvalue weighted by atomic mass is 9.67. The van der Waals surface area contributed by atoms with E-state index >= 15 is 0 Å². The molecule has 1 aliphatic carbocycles. The smallest absolute Gasteiger partial charge is 0.208 e. The highest BCUT2D eigenvalue weighted by molar-refractivity contribution is 6.28. The van der Waals surface area contributed by atoms with Crippen molar-refractivity contribution in [3.05, 3.63) is 161 Å². The van der Waals surface area contributed by atoms with Crippen LogP contribution >= 0.6 is 11.6 Å². The molecule has 0 bridgehead atoms. The molecule has 0 atom stereocenters. The van der Waals surface area contributed by atoms with Crippen molar-refractivity contribution in [2.75, 3.05) is 0 Å². The van der Waals surface area contributed by atoms with E-state index in [0.717, 1.165) is 16.7 Å². The van der Waals surface area contributed by atoms with Crippen molar-refractivity contribution >= 4 is 11.6 Å². The summed E-state index contributed by atoms with van der Waals surface area (Å²) in [7, 11) is 0. The minimum absolute atomic E-state index is 0.176. The predicted octanol–water partition coefficient (Wildman–Crippen LogP) is 8.22. The zero-order chi connectivity index (χ0) is 25.5. The van der Waals surface area contributed by atoms with Crippen molar-refractivity contribution in [3.63, 3.8) is 0 Å². The van der Waals surface area contributed by atoms with Crippen LogP contribution in [0.1, 0.15) is 22.3 Å². The van der Waals surface area contributed by atoms with Crippen molar-refractivity contribution < 1.29 is 0 Å². The van der Waals surface area contributed by atoms with Crippen molar-refractivity contribution in [1.82, 2.24) is 15.0 Å². The molecule has 3 nitrogen and oxygen atoms in total. The van der Waals surface area contributed by atoms with Gasteiger partial charge in [-0.25, -0.2) is 4.98 Å². The van der Waals surface area contributed by atoms with Crippen LogP contribution in [0, 0.1) is 0 Å². The molecule has 38 heavy (non-hydrogen) atoms. The summed E-state index contributed by atoms with van der Waals surface area (Å²) in [6.45, 7) is 0. The standard InChI is InChI=1S/C34H22ClN3/c35-33-37-31(23-13-4-1-5-14-23)36-32(38-33)27-20-12-22-29-30(27)26-19-10-11-21-28(26)34(29,24-15-6-2-7-16-24)25-17-8-3-9-18-25/h1-22H. The molecule has 6 aromatic rings. The first kappa shape index (κ1) is 22.6. The van der Waals surface area contributed by atoms with Crippen molar-refractivity contribution in [2.24, 2.45) is 0 Å². The fraction of sp³-hybridized carbons (Fsp3) is 0.0294. The number of rotatable bonds is 4. The Kier molecular flexibility index (Phi) is 5.38. The zero-order valence-electron chi connectivity index (χ0n) is 20.4. The third-order valence-electron chi connectivity index (χ3n) is 7.36. The lowest BCUT2D eigenvalue weighted by Gasteiger charge is -2.33. The van der Waals surface area contributed by atoms with E-state index in [4.69, 9.17) is 16.6 Å². The molecule has 0 unspecified atom stereocenters. The molecule has 0 radical (unpaired) electrons. The van der Waals surface area contributed by atoms with E-state index in [1.165, 1.54) is 27.8 Å². The lowest BCUT2D eigenvalue weighted by Crippen LogP contribution is -2.28. The predicted molar refractivity (Wildman–Crippen MR) is 153 cm³/mol. The van der Waals surface area contributed by atoms with E-state index in [9.17, 15) is 0 Å². The van der Waals surface area contributed by atoms with E-state index in [1.807, 2.05) is 30.3 Å². The van der Waals surface area contributed by atoms with E-state index in [2.05, 4.69) is 113 Å². The van der Waals surface area contributed by atoms with Gasteiger partial charge >= 0.3 is 0 Å². The molecule has 7 rings (SSSR count). The Morgan fingerprint density at radius 1 is 0.447 bits per heavy atom. The molecular weight excluding hydrogens is 486 g/mol. The first-order valence-electron chi connectivity index (χ1n) is 12.6. The Labute approximate surface area is 226 Å². The maximum atomic E-state index is 6.49. The number of halogens is 1. The van der Waals surface area contributed by atoms with Gasteiger partial charge in [0.2, 0.25) is 5.28 Å². The number of aromatic nitrogens is 3. The van der Waals surface area contributed by atoms with Crippen LogP contribution < -0.4 is 0 Å². The van der Waals surface area contributed by atoms with Crippen LogP contribution in [-0.4, -0.2) is 15.0 Å². The molecule has 4 heteroatoms. The topological polar surface area (TPSA) is 38.7 Å². The second-order valence-electron chi connectivity index (χ2n) is 9.37. The third kappa shape index (κ3) is 3.40. The quantitative estimate of drug-likeness (QED) is 0.241. The highest BCUT2D eigenvalue weighted by atomic mass is 35.5. The van der Waals surface area contributed by atoms with Gasteiger partial charge in [0.1, 0.15) is 0 Å². The van der Waals surface area contributed by atoms with E-state index in [1.54, 1.807) is 0 Å². The molecule has 1 aromatic heterocycles. The maximum Gasteiger partial charge on any atom is 0.226 e. The molecule has 0 amide bonds. The molecule has 0 N–H and O–H groups in total. The molecule has 0 saturated carbocycles. The molecular formula is C34H22ClN3. The summed E-state index contributed by atoms with van der Waals surface area (Å²) in [6.07, 6.45) is 0. The van der Waals surface area contributed by atoms with Crippen molar-refractivity contribution in [2.45, 2.75) is 5.41 Å². The minimum Gasteiger partial charge on any atom is -0.208 e. The van der Waals surface area contributed by atoms with Gasteiger partial charge in [-0.05, 0) is 45.0 Å². The average Bonchev–Trinajstić information content (AvgIpc) is 3.29. The van der Waals surface area contributed by atoms with Gasteiger partial charge in [-0.15, -0.1) is 0 Å². The van der Waals surface area contributed by atoms with Crippen LogP contribution in [0.5, 0.6) is 0 Å². The van der Waals surface area contributed by atoms with Crippen LogP contribution in [0.3, 0.4) is 0 Å². The summed E-state index contributed by atoms with van der Waals surface area (Å²) in [5.74, 6) is 1.12. The highest BCUT2D eigenvalue weighted by Gasteiger charge is 2.46. The van der Waals surface area contributed by atoms with Crippen LogP contribution in [0.15, 0.2) is 133 Å². The van der Waals surface area contributed by atoms with Crippen LogP contribution in [0.4, 0.5) is 0 Å². The van der Waals surface area contributed by atoms with Gasteiger partial charge in [0.05, 0.1) is 5.41 Å². The van der Waals surface area contributed by atoms with Gasteiger partial charge in [0.25, 0.3) is 0 Å². The summed E-state index contributed by atoms with van der Waals surface area (Å²) in [5.41, 5.74) is 8.51. The van der Waals surface area contributed by atoms with Gasteiger partial charge < -0.3 is 0 Å². The first-order valence-corrected chi connectivity index (χ1v) is 13.0.